The van der Waals surface area contributed by atoms with Gasteiger partial charge in [-0.05, 0) is 32.9 Å². The Morgan fingerprint density at radius 1 is 1.22 bits per heavy atom. The molecule has 2 aromatic carbocycles. The van der Waals surface area contributed by atoms with Gasteiger partial charge in [-0.3, -0.25) is 4.79 Å². The molecule has 3 unspecified atom stereocenters. The summed E-state index contributed by atoms with van der Waals surface area (Å²) in [5, 5.41) is 2.99. The molecule has 0 saturated carbocycles. The molecule has 0 radical (unpaired) electrons. The average Bonchev–Trinajstić information content (AvgIpc) is 3.13. The van der Waals surface area contributed by atoms with Crippen LogP contribution in [0.3, 0.4) is 0 Å². The van der Waals surface area contributed by atoms with Gasteiger partial charge in [-0.1, -0.05) is 19.1 Å². The Hall–Kier alpha value is -2.69. The summed E-state index contributed by atoms with van der Waals surface area (Å²) in [5.41, 5.74) is 3.34. The Balaban J connectivity index is 1.66. The standard InChI is InChI=1S/C22H25NO4/c1-5-25-20-10-15-9-12(2)26-19(15)11-18(20)23-22(24)17-8-6-7-16-13(3)14(4)27-21(16)17/h6-8,10-14H,5,9H2,1-4H3,(H,23,24). The fraction of sp³-hybridized carbons (Fsp3) is 0.409. The van der Waals surface area contributed by atoms with Gasteiger partial charge in [0, 0.05) is 29.5 Å². The maximum Gasteiger partial charge on any atom is 0.259 e. The minimum atomic E-state index is -0.208. The molecule has 1 amide bonds. The van der Waals surface area contributed by atoms with E-state index < -0.39 is 0 Å². The number of hydrogen-bond donors (Lipinski definition) is 1. The molecule has 2 aliphatic rings. The van der Waals surface area contributed by atoms with Crippen LogP contribution in [0.1, 0.15) is 55.1 Å². The molecule has 2 aliphatic heterocycles. The summed E-state index contributed by atoms with van der Waals surface area (Å²) in [6.45, 7) is 8.63. The number of ether oxygens (including phenoxy) is 3. The monoisotopic (exact) mass is 367 g/mol. The lowest BCUT2D eigenvalue weighted by Crippen LogP contribution is -2.15. The van der Waals surface area contributed by atoms with Crippen LogP contribution >= 0.6 is 0 Å². The number of benzene rings is 2. The van der Waals surface area contributed by atoms with Crippen molar-refractivity contribution in [2.24, 2.45) is 0 Å². The van der Waals surface area contributed by atoms with Crippen molar-refractivity contribution in [3.63, 3.8) is 0 Å². The van der Waals surface area contributed by atoms with Gasteiger partial charge < -0.3 is 19.5 Å². The highest BCUT2D eigenvalue weighted by atomic mass is 16.5. The Morgan fingerprint density at radius 3 is 2.81 bits per heavy atom. The topological polar surface area (TPSA) is 56.8 Å². The minimum absolute atomic E-state index is 0.0582. The van der Waals surface area contributed by atoms with E-state index in [2.05, 4.69) is 12.2 Å². The number of amides is 1. The second-order valence-corrected chi connectivity index (χ2v) is 7.31. The molecule has 1 N–H and O–H groups in total. The third-order valence-electron chi connectivity index (χ3n) is 5.33. The van der Waals surface area contributed by atoms with E-state index in [9.17, 15) is 4.79 Å². The third kappa shape index (κ3) is 3.11. The van der Waals surface area contributed by atoms with E-state index in [0.717, 1.165) is 23.3 Å². The largest absolute Gasteiger partial charge is 0.492 e. The lowest BCUT2D eigenvalue weighted by atomic mass is 9.97. The van der Waals surface area contributed by atoms with Crippen molar-refractivity contribution in [1.82, 2.24) is 0 Å². The van der Waals surface area contributed by atoms with Crippen LogP contribution in [-0.4, -0.2) is 24.7 Å². The number of nitrogens with one attached hydrogen (secondary N) is 1. The van der Waals surface area contributed by atoms with Gasteiger partial charge in [0.25, 0.3) is 5.91 Å². The van der Waals surface area contributed by atoms with Crippen LogP contribution in [-0.2, 0) is 6.42 Å². The summed E-state index contributed by atoms with van der Waals surface area (Å²) >= 11 is 0. The van der Waals surface area contributed by atoms with Crippen LogP contribution in [0, 0.1) is 0 Å². The molecule has 0 bridgehead atoms. The third-order valence-corrected chi connectivity index (χ3v) is 5.33. The Kier molecular flexibility index (Phi) is 4.46. The van der Waals surface area contributed by atoms with Gasteiger partial charge in [0.15, 0.2) is 0 Å². The molecule has 5 heteroatoms. The summed E-state index contributed by atoms with van der Waals surface area (Å²) in [5.74, 6) is 2.20. The molecule has 142 valence electrons. The zero-order valence-corrected chi connectivity index (χ0v) is 16.2. The summed E-state index contributed by atoms with van der Waals surface area (Å²) in [4.78, 5) is 13.0. The predicted molar refractivity (Wildman–Crippen MR) is 104 cm³/mol. The number of fused-ring (bicyclic) bond motifs is 2. The molecule has 5 nitrogen and oxygen atoms in total. The quantitative estimate of drug-likeness (QED) is 0.862. The van der Waals surface area contributed by atoms with Crippen molar-refractivity contribution in [2.45, 2.75) is 52.2 Å². The van der Waals surface area contributed by atoms with E-state index in [1.165, 1.54) is 0 Å². The SMILES string of the molecule is CCOc1cc2c(cc1NC(=O)c1cccc3c1OC(C)C3C)OC(C)C2. The van der Waals surface area contributed by atoms with Crippen LogP contribution in [0.5, 0.6) is 17.2 Å². The van der Waals surface area contributed by atoms with Crippen LogP contribution in [0.2, 0.25) is 0 Å². The molecular formula is C22H25NO4. The highest BCUT2D eigenvalue weighted by Crippen LogP contribution is 2.42. The fourth-order valence-electron chi connectivity index (χ4n) is 3.77. The minimum Gasteiger partial charge on any atom is -0.492 e. The first-order valence-electron chi connectivity index (χ1n) is 9.55. The van der Waals surface area contributed by atoms with Gasteiger partial charge >= 0.3 is 0 Å². The highest BCUT2D eigenvalue weighted by Gasteiger charge is 2.31. The second-order valence-electron chi connectivity index (χ2n) is 7.31. The number of para-hydroxylation sites is 1. The number of hydrogen-bond acceptors (Lipinski definition) is 4. The van der Waals surface area contributed by atoms with Crippen LogP contribution in [0.25, 0.3) is 0 Å². The van der Waals surface area contributed by atoms with E-state index in [1.54, 1.807) is 6.07 Å². The summed E-state index contributed by atoms with van der Waals surface area (Å²) < 4.78 is 17.6. The lowest BCUT2D eigenvalue weighted by Gasteiger charge is -2.15. The van der Waals surface area contributed by atoms with Crippen molar-refractivity contribution in [2.75, 3.05) is 11.9 Å². The first-order chi connectivity index (χ1) is 13.0. The molecule has 2 heterocycles. The van der Waals surface area contributed by atoms with E-state index in [-0.39, 0.29) is 24.0 Å². The van der Waals surface area contributed by atoms with Crippen LogP contribution in [0.15, 0.2) is 30.3 Å². The van der Waals surface area contributed by atoms with Gasteiger partial charge in [0.1, 0.15) is 29.5 Å². The maximum atomic E-state index is 13.0. The van der Waals surface area contributed by atoms with Gasteiger partial charge in [-0.15, -0.1) is 0 Å². The molecule has 2 aromatic rings. The summed E-state index contributed by atoms with van der Waals surface area (Å²) in [7, 11) is 0. The Labute approximate surface area is 159 Å². The van der Waals surface area contributed by atoms with Crippen molar-refractivity contribution >= 4 is 11.6 Å². The zero-order valence-electron chi connectivity index (χ0n) is 16.2. The average molecular weight is 367 g/mol. The second kappa shape index (κ2) is 6.80. The summed E-state index contributed by atoms with van der Waals surface area (Å²) in [6.07, 6.45) is 1.04. The van der Waals surface area contributed by atoms with E-state index in [0.29, 0.717) is 29.4 Å². The van der Waals surface area contributed by atoms with Gasteiger partial charge in [0.05, 0.1) is 17.9 Å². The smallest absolute Gasteiger partial charge is 0.259 e. The van der Waals surface area contributed by atoms with Crippen molar-refractivity contribution < 1.29 is 19.0 Å². The van der Waals surface area contributed by atoms with E-state index in [1.807, 2.05) is 45.0 Å². The molecule has 0 aromatic heterocycles. The number of carbonyl (C=O) groups excluding carboxylic acids is 1. The number of carbonyl (C=O) groups is 1. The summed E-state index contributed by atoms with van der Waals surface area (Å²) in [6, 6.07) is 9.55. The number of anilines is 1. The lowest BCUT2D eigenvalue weighted by molar-refractivity contribution is 0.102. The normalized spacial score (nSPS) is 22.4. The maximum absolute atomic E-state index is 13.0. The molecule has 0 fully saturated rings. The fourth-order valence-corrected chi connectivity index (χ4v) is 3.77. The first-order valence-corrected chi connectivity index (χ1v) is 9.55. The van der Waals surface area contributed by atoms with Crippen LogP contribution in [0.4, 0.5) is 5.69 Å². The predicted octanol–water partition coefficient (Wildman–Crippen LogP) is 4.55. The van der Waals surface area contributed by atoms with E-state index in [4.69, 9.17) is 14.2 Å². The Morgan fingerprint density at radius 2 is 2.04 bits per heavy atom. The molecule has 0 saturated heterocycles. The Bertz CT molecular complexity index is 892. The molecule has 0 aliphatic carbocycles. The zero-order chi connectivity index (χ0) is 19.1. The molecule has 0 spiro atoms. The molecule has 3 atom stereocenters. The van der Waals surface area contributed by atoms with Gasteiger partial charge in [-0.25, -0.2) is 0 Å². The van der Waals surface area contributed by atoms with Crippen LogP contribution < -0.4 is 19.5 Å². The van der Waals surface area contributed by atoms with E-state index >= 15 is 0 Å². The van der Waals surface area contributed by atoms with Gasteiger partial charge in [0.2, 0.25) is 0 Å². The number of rotatable bonds is 4. The van der Waals surface area contributed by atoms with Crippen molar-refractivity contribution in [1.29, 1.82) is 0 Å². The molecule has 4 rings (SSSR count). The molecule has 27 heavy (non-hydrogen) atoms. The van der Waals surface area contributed by atoms with Crippen molar-refractivity contribution in [3.8, 4) is 17.2 Å². The van der Waals surface area contributed by atoms with Crippen molar-refractivity contribution in [3.05, 3.63) is 47.0 Å². The first kappa shape index (κ1) is 17.7. The highest BCUT2D eigenvalue weighted by molar-refractivity contribution is 6.07. The molecular weight excluding hydrogens is 342 g/mol. The van der Waals surface area contributed by atoms with Gasteiger partial charge in [-0.2, -0.15) is 0 Å².